The summed E-state index contributed by atoms with van der Waals surface area (Å²) in [6.07, 6.45) is 3.48. The molecule has 2 aromatic heterocycles. The van der Waals surface area contributed by atoms with Crippen molar-refractivity contribution in [3.8, 4) is 22.6 Å². The lowest BCUT2D eigenvalue weighted by Gasteiger charge is -2.44. The van der Waals surface area contributed by atoms with Crippen LogP contribution in [0.25, 0.3) is 33.4 Å². The van der Waals surface area contributed by atoms with Crippen LogP contribution in [0.2, 0.25) is 0 Å². The Bertz CT molecular complexity index is 2410. The summed E-state index contributed by atoms with van der Waals surface area (Å²) in [5.41, 5.74) is 8.07. The number of anilines is 3. The van der Waals surface area contributed by atoms with Crippen LogP contribution >= 0.6 is 0 Å². The number of sulfone groups is 1. The summed E-state index contributed by atoms with van der Waals surface area (Å²) in [6, 6.07) is 38.5. The van der Waals surface area contributed by atoms with Gasteiger partial charge in [-0.1, -0.05) is 60.7 Å². The zero-order valence-corrected chi connectivity index (χ0v) is 23.4. The van der Waals surface area contributed by atoms with E-state index in [1.54, 1.807) is 30.7 Å². The molecule has 2 aliphatic heterocycles. The molecule has 0 radical (unpaired) electrons. The minimum Gasteiger partial charge on any atom is -0.461 e. The number of fused-ring (bicyclic) bond motifs is 13. The summed E-state index contributed by atoms with van der Waals surface area (Å²) in [4.78, 5) is 2.98. The van der Waals surface area contributed by atoms with Gasteiger partial charge in [0.25, 0.3) is 0 Å². The lowest BCUT2D eigenvalue weighted by Crippen LogP contribution is -2.35. The Kier molecular flexibility index (Phi) is 4.18. The average molecular weight is 576 g/mol. The molecule has 0 amide bonds. The van der Waals surface area contributed by atoms with E-state index in [0.717, 1.165) is 72.7 Å². The molecule has 0 saturated heterocycles. The van der Waals surface area contributed by atoms with Gasteiger partial charge in [-0.3, -0.25) is 0 Å². The van der Waals surface area contributed by atoms with E-state index >= 15 is 0 Å². The van der Waals surface area contributed by atoms with Gasteiger partial charge in [-0.15, -0.1) is 0 Å². The van der Waals surface area contributed by atoms with Crippen molar-refractivity contribution in [3.05, 3.63) is 150 Å². The summed E-state index contributed by atoms with van der Waals surface area (Å²) in [7, 11) is -3.57. The van der Waals surface area contributed by atoms with Gasteiger partial charge in [0.05, 0.1) is 39.1 Å². The first-order valence-corrected chi connectivity index (χ1v) is 15.6. The summed E-state index contributed by atoms with van der Waals surface area (Å²) in [5, 5.41) is 2.25. The van der Waals surface area contributed by atoms with E-state index in [1.165, 1.54) is 0 Å². The Balaban J connectivity index is 1.33. The van der Waals surface area contributed by atoms with E-state index in [2.05, 4.69) is 77.7 Å². The highest BCUT2D eigenvalue weighted by atomic mass is 32.2. The number of hydrogen-bond donors (Lipinski definition) is 0. The van der Waals surface area contributed by atoms with Crippen LogP contribution in [0, 0.1) is 0 Å². The van der Waals surface area contributed by atoms with Gasteiger partial charge >= 0.3 is 0 Å². The molecule has 0 bridgehead atoms. The number of rotatable bonds is 1. The molecular weight excluding hydrogens is 554 g/mol. The molecule has 5 nitrogen and oxygen atoms in total. The van der Waals surface area contributed by atoms with Crippen molar-refractivity contribution in [2.24, 2.45) is 0 Å². The third kappa shape index (κ3) is 2.66. The van der Waals surface area contributed by atoms with Crippen LogP contribution < -0.4 is 4.90 Å². The van der Waals surface area contributed by atoms with Gasteiger partial charge in [-0.25, -0.2) is 8.42 Å². The smallest absolute Gasteiger partial charge is 0.207 e. The number of benzene rings is 5. The monoisotopic (exact) mass is 575 g/mol. The van der Waals surface area contributed by atoms with Crippen LogP contribution in [-0.2, 0) is 15.3 Å². The first-order chi connectivity index (χ1) is 21.1. The van der Waals surface area contributed by atoms with E-state index < -0.39 is 15.3 Å². The summed E-state index contributed by atoms with van der Waals surface area (Å²) in [5.74, 6) is 1.50. The largest absolute Gasteiger partial charge is 0.461 e. The highest BCUT2D eigenvalue weighted by molar-refractivity contribution is 7.92. The maximum Gasteiger partial charge on any atom is 0.207 e. The molecule has 204 valence electrons. The SMILES string of the molecule is O=S1(=O)c2ccccc2-c2cc(N3c4ccccc4C4(c5cc6ccccc6cc53)c3ccoc3-c3occc34)ccc21. The summed E-state index contributed by atoms with van der Waals surface area (Å²) >= 11 is 0. The molecular formula is C37H21NO4S. The van der Waals surface area contributed by atoms with E-state index in [-0.39, 0.29) is 0 Å². The van der Waals surface area contributed by atoms with Gasteiger partial charge in [-0.2, -0.15) is 0 Å². The third-order valence-corrected chi connectivity index (χ3v) is 11.3. The number of para-hydroxylation sites is 1. The van der Waals surface area contributed by atoms with Gasteiger partial charge in [0, 0.05) is 27.9 Å². The van der Waals surface area contributed by atoms with Gasteiger partial charge in [0.1, 0.15) is 0 Å². The molecule has 4 heterocycles. The topological polar surface area (TPSA) is 63.7 Å². The fourth-order valence-electron chi connectivity index (χ4n) is 7.68. The van der Waals surface area contributed by atoms with Crippen molar-refractivity contribution in [2.45, 2.75) is 15.2 Å². The highest BCUT2D eigenvalue weighted by Crippen LogP contribution is 2.64. The van der Waals surface area contributed by atoms with Crippen molar-refractivity contribution >= 4 is 37.7 Å². The molecule has 3 aliphatic rings. The molecule has 0 unspecified atom stereocenters. The Morgan fingerprint density at radius 1 is 0.535 bits per heavy atom. The maximum atomic E-state index is 13.4. The van der Waals surface area contributed by atoms with Crippen LogP contribution in [-0.4, -0.2) is 8.42 Å². The molecule has 7 aromatic rings. The predicted octanol–water partition coefficient (Wildman–Crippen LogP) is 8.99. The van der Waals surface area contributed by atoms with Crippen molar-refractivity contribution < 1.29 is 17.3 Å². The maximum absolute atomic E-state index is 13.4. The first kappa shape index (κ1) is 23.3. The standard InChI is InChI=1S/C37H21NO4S/c39-43(40)33-12-6-3-9-25(33)26-21-24(13-14-34(26)43)38-31-11-5-4-10-27(31)37(28-15-17-41-35(28)36-29(37)16-18-42-36)30-19-22-7-1-2-8-23(22)20-32(30)38/h1-21H. The Morgan fingerprint density at radius 2 is 1.19 bits per heavy atom. The van der Waals surface area contributed by atoms with Crippen molar-refractivity contribution in [2.75, 3.05) is 4.90 Å². The normalized spacial score (nSPS) is 16.0. The van der Waals surface area contributed by atoms with Gasteiger partial charge in [0.15, 0.2) is 11.5 Å². The highest BCUT2D eigenvalue weighted by Gasteiger charge is 2.55. The molecule has 6 heteroatoms. The predicted molar refractivity (Wildman–Crippen MR) is 165 cm³/mol. The van der Waals surface area contributed by atoms with Gasteiger partial charge < -0.3 is 13.7 Å². The van der Waals surface area contributed by atoms with E-state index in [1.807, 2.05) is 24.3 Å². The van der Waals surface area contributed by atoms with E-state index in [4.69, 9.17) is 8.83 Å². The quantitative estimate of drug-likeness (QED) is 0.195. The number of hydrogen-bond acceptors (Lipinski definition) is 5. The summed E-state index contributed by atoms with van der Waals surface area (Å²) in [6.45, 7) is 0. The second-order valence-electron chi connectivity index (χ2n) is 11.3. The van der Waals surface area contributed by atoms with E-state index in [9.17, 15) is 8.42 Å². The molecule has 0 fully saturated rings. The fourth-order valence-corrected chi connectivity index (χ4v) is 9.35. The van der Waals surface area contributed by atoms with Crippen LogP contribution in [0.3, 0.4) is 0 Å². The molecule has 0 atom stereocenters. The van der Waals surface area contributed by atoms with Crippen LogP contribution in [0.15, 0.2) is 146 Å². The molecule has 1 aliphatic carbocycles. The minimum absolute atomic E-state index is 0.347. The zero-order valence-electron chi connectivity index (χ0n) is 22.6. The Hall–Kier alpha value is -5.33. The van der Waals surface area contributed by atoms with Gasteiger partial charge in [0.2, 0.25) is 9.84 Å². The fraction of sp³-hybridized carbons (Fsp3) is 0.0270. The van der Waals surface area contributed by atoms with Crippen LogP contribution in [0.5, 0.6) is 0 Å². The zero-order chi connectivity index (χ0) is 28.5. The first-order valence-electron chi connectivity index (χ1n) is 14.2. The second kappa shape index (κ2) is 7.73. The Morgan fingerprint density at radius 3 is 1.98 bits per heavy atom. The molecule has 0 N–H and O–H groups in total. The lowest BCUT2D eigenvalue weighted by molar-refractivity contribution is 0.525. The van der Waals surface area contributed by atoms with Gasteiger partial charge in [-0.05, 0) is 76.5 Å². The van der Waals surface area contributed by atoms with Crippen LogP contribution in [0.1, 0.15) is 22.3 Å². The molecule has 43 heavy (non-hydrogen) atoms. The number of nitrogens with zero attached hydrogens (tertiary/aromatic N) is 1. The minimum atomic E-state index is -3.57. The molecule has 1 spiro atoms. The van der Waals surface area contributed by atoms with Crippen molar-refractivity contribution in [3.63, 3.8) is 0 Å². The summed E-state index contributed by atoms with van der Waals surface area (Å²) < 4.78 is 39.0. The Labute approximate surface area is 247 Å². The van der Waals surface area contributed by atoms with Crippen LogP contribution in [0.4, 0.5) is 17.1 Å². The van der Waals surface area contributed by atoms with Crippen molar-refractivity contribution in [1.29, 1.82) is 0 Å². The molecule has 0 saturated carbocycles. The third-order valence-electron chi connectivity index (χ3n) is 9.38. The van der Waals surface area contributed by atoms with E-state index in [0.29, 0.717) is 9.79 Å². The second-order valence-corrected chi connectivity index (χ2v) is 13.2. The average Bonchev–Trinajstić information content (AvgIpc) is 3.80. The van der Waals surface area contributed by atoms with Crippen molar-refractivity contribution in [1.82, 2.24) is 0 Å². The number of furan rings is 2. The molecule has 10 rings (SSSR count). The lowest BCUT2D eigenvalue weighted by atomic mass is 9.65. The molecule has 5 aromatic carbocycles.